The molecule has 1 aromatic carbocycles. The molecule has 0 aromatic heterocycles. The monoisotopic (exact) mass is 320 g/mol. The highest BCUT2D eigenvalue weighted by Crippen LogP contribution is 2.15. The van der Waals surface area contributed by atoms with Crippen molar-refractivity contribution in [3.05, 3.63) is 29.8 Å². The van der Waals surface area contributed by atoms with Gasteiger partial charge in [0.05, 0.1) is 6.04 Å². The minimum Gasteiger partial charge on any atom is -0.491 e. The van der Waals surface area contributed by atoms with Crippen molar-refractivity contribution < 1.29 is 20.0 Å². The van der Waals surface area contributed by atoms with Crippen LogP contribution in [0.3, 0.4) is 0 Å². The molecule has 4 nitrogen and oxygen atoms in total. The van der Waals surface area contributed by atoms with E-state index in [1.54, 1.807) is 24.3 Å². The maximum Gasteiger partial charge on any atom is 0.162 e. The van der Waals surface area contributed by atoms with Crippen LogP contribution in [-0.2, 0) is 0 Å². The van der Waals surface area contributed by atoms with Gasteiger partial charge in [0.2, 0.25) is 0 Å². The van der Waals surface area contributed by atoms with Gasteiger partial charge in [0.15, 0.2) is 5.78 Å². The Bertz CT molecular complexity index is 464. The zero-order valence-corrected chi connectivity index (χ0v) is 14.2. The second-order valence-corrected chi connectivity index (χ2v) is 6.49. The van der Waals surface area contributed by atoms with Crippen LogP contribution in [0.2, 0.25) is 0 Å². The van der Waals surface area contributed by atoms with Crippen molar-refractivity contribution in [2.75, 3.05) is 13.2 Å². The molecule has 0 unspecified atom stereocenters. The van der Waals surface area contributed by atoms with E-state index in [9.17, 15) is 9.90 Å². The van der Waals surface area contributed by atoms with Crippen molar-refractivity contribution in [3.63, 3.8) is 0 Å². The number of quaternary nitrogens is 1. The number of aliphatic hydroxyl groups is 1. The number of nitrogens with two attached hydrogens (primary N) is 1. The minimum atomic E-state index is -0.463. The summed E-state index contributed by atoms with van der Waals surface area (Å²) in [7, 11) is 0. The van der Waals surface area contributed by atoms with Gasteiger partial charge in [0.25, 0.3) is 0 Å². The molecule has 1 saturated carbocycles. The Labute approximate surface area is 139 Å². The third-order valence-electron chi connectivity index (χ3n) is 4.58. The van der Waals surface area contributed by atoms with Gasteiger partial charge in [0, 0.05) is 12.0 Å². The second kappa shape index (κ2) is 9.68. The van der Waals surface area contributed by atoms with Gasteiger partial charge in [-0.3, -0.25) is 4.79 Å². The van der Waals surface area contributed by atoms with Gasteiger partial charge >= 0.3 is 0 Å². The lowest BCUT2D eigenvalue weighted by Gasteiger charge is -2.16. The van der Waals surface area contributed by atoms with E-state index in [2.05, 4.69) is 5.32 Å². The van der Waals surface area contributed by atoms with Crippen molar-refractivity contribution in [1.29, 1.82) is 0 Å². The van der Waals surface area contributed by atoms with E-state index >= 15 is 0 Å². The standard InChI is InChI=1S/C19H29NO3/c1-2-19(22)15-9-11-18(12-10-15)23-14-17(21)13-20-16-7-5-3-4-6-8-16/h9-12,16-17,20-21H,2-8,13-14H2,1H3/p+1/t17-/m1/s1. The average molecular weight is 320 g/mol. The average Bonchev–Trinajstić information content (AvgIpc) is 2.86. The molecule has 4 heteroatoms. The molecule has 128 valence electrons. The summed E-state index contributed by atoms with van der Waals surface area (Å²) in [6.07, 6.45) is 7.92. The second-order valence-electron chi connectivity index (χ2n) is 6.49. The van der Waals surface area contributed by atoms with E-state index in [1.807, 2.05) is 6.92 Å². The molecule has 1 aromatic rings. The van der Waals surface area contributed by atoms with E-state index in [-0.39, 0.29) is 5.78 Å². The molecule has 2 rings (SSSR count). The zero-order valence-electron chi connectivity index (χ0n) is 14.2. The number of carbonyl (C=O) groups excluding carboxylic acids is 1. The van der Waals surface area contributed by atoms with Gasteiger partial charge in [-0.05, 0) is 49.9 Å². The van der Waals surface area contributed by atoms with Gasteiger partial charge in [-0.15, -0.1) is 0 Å². The molecular weight excluding hydrogens is 290 g/mol. The molecule has 1 fully saturated rings. The largest absolute Gasteiger partial charge is 0.491 e. The van der Waals surface area contributed by atoms with Crippen LogP contribution in [-0.4, -0.2) is 36.2 Å². The maximum absolute atomic E-state index is 11.6. The molecule has 1 aliphatic carbocycles. The van der Waals surface area contributed by atoms with E-state index < -0.39 is 6.10 Å². The Hall–Kier alpha value is -1.39. The molecule has 0 heterocycles. The highest BCUT2D eigenvalue weighted by molar-refractivity contribution is 5.95. The first kappa shape index (κ1) is 18.0. The molecule has 0 radical (unpaired) electrons. The maximum atomic E-state index is 11.6. The summed E-state index contributed by atoms with van der Waals surface area (Å²) in [5.74, 6) is 0.834. The normalized spacial score (nSPS) is 17.5. The first-order valence-electron chi connectivity index (χ1n) is 8.96. The Morgan fingerprint density at radius 1 is 1.22 bits per heavy atom. The molecule has 0 saturated heterocycles. The quantitative estimate of drug-likeness (QED) is 0.571. The molecule has 3 N–H and O–H groups in total. The topological polar surface area (TPSA) is 63.1 Å². The SMILES string of the molecule is CCC(=O)c1ccc(OC[C@H](O)C[NH2+]C2CCCCCC2)cc1. The molecular formula is C19H30NO3+. The number of ketones is 1. The Kier molecular flexibility index (Phi) is 7.56. The van der Waals surface area contributed by atoms with Crippen LogP contribution in [0.1, 0.15) is 62.2 Å². The molecule has 23 heavy (non-hydrogen) atoms. The van der Waals surface area contributed by atoms with Crippen molar-refractivity contribution in [3.8, 4) is 5.75 Å². The summed E-state index contributed by atoms with van der Waals surface area (Å²) in [5, 5.41) is 12.4. The predicted octanol–water partition coefficient (Wildman–Crippen LogP) is 2.31. The number of hydrogen-bond acceptors (Lipinski definition) is 3. The number of hydrogen-bond donors (Lipinski definition) is 2. The summed E-state index contributed by atoms with van der Waals surface area (Å²) in [6, 6.07) is 7.82. The lowest BCUT2D eigenvalue weighted by atomic mass is 10.1. The Morgan fingerprint density at radius 3 is 2.48 bits per heavy atom. The molecule has 1 atom stereocenters. The number of rotatable bonds is 8. The van der Waals surface area contributed by atoms with Crippen LogP contribution in [0.25, 0.3) is 0 Å². The fourth-order valence-electron chi connectivity index (χ4n) is 3.10. The van der Waals surface area contributed by atoms with Crippen LogP contribution in [0.4, 0.5) is 0 Å². The highest BCUT2D eigenvalue weighted by Gasteiger charge is 2.17. The smallest absolute Gasteiger partial charge is 0.162 e. The Balaban J connectivity index is 1.69. The summed E-state index contributed by atoms with van der Waals surface area (Å²) >= 11 is 0. The Morgan fingerprint density at radius 2 is 1.87 bits per heavy atom. The van der Waals surface area contributed by atoms with Crippen molar-refractivity contribution in [1.82, 2.24) is 0 Å². The van der Waals surface area contributed by atoms with Crippen LogP contribution in [0.5, 0.6) is 5.75 Å². The first-order chi connectivity index (χ1) is 11.2. The first-order valence-corrected chi connectivity index (χ1v) is 8.96. The lowest BCUT2D eigenvalue weighted by Crippen LogP contribution is -2.91. The fourth-order valence-corrected chi connectivity index (χ4v) is 3.10. The molecule has 0 aliphatic heterocycles. The van der Waals surface area contributed by atoms with Gasteiger partial charge in [-0.2, -0.15) is 0 Å². The number of ether oxygens (including phenoxy) is 1. The molecule has 1 aliphatic rings. The van der Waals surface area contributed by atoms with Gasteiger partial charge in [-0.25, -0.2) is 0 Å². The third kappa shape index (κ3) is 6.32. The minimum absolute atomic E-state index is 0.134. The number of benzene rings is 1. The van der Waals surface area contributed by atoms with Gasteiger partial charge < -0.3 is 15.2 Å². The van der Waals surface area contributed by atoms with Crippen LogP contribution < -0.4 is 10.1 Å². The van der Waals surface area contributed by atoms with E-state index in [0.29, 0.717) is 36.9 Å². The van der Waals surface area contributed by atoms with Crippen molar-refractivity contribution >= 4 is 5.78 Å². The summed E-state index contributed by atoms with van der Waals surface area (Å²) < 4.78 is 5.62. The van der Waals surface area contributed by atoms with Crippen molar-refractivity contribution in [2.24, 2.45) is 0 Å². The van der Waals surface area contributed by atoms with Crippen LogP contribution in [0.15, 0.2) is 24.3 Å². The lowest BCUT2D eigenvalue weighted by molar-refractivity contribution is -0.695. The van der Waals surface area contributed by atoms with E-state index in [1.165, 1.54) is 38.5 Å². The van der Waals surface area contributed by atoms with Gasteiger partial charge in [0.1, 0.15) is 25.0 Å². The summed E-state index contributed by atoms with van der Waals surface area (Å²) in [6.45, 7) is 2.84. The summed E-state index contributed by atoms with van der Waals surface area (Å²) in [4.78, 5) is 11.6. The van der Waals surface area contributed by atoms with E-state index in [0.717, 1.165) is 0 Å². The van der Waals surface area contributed by atoms with Crippen LogP contribution >= 0.6 is 0 Å². The highest BCUT2D eigenvalue weighted by atomic mass is 16.5. The number of carbonyl (C=O) groups is 1. The van der Waals surface area contributed by atoms with Gasteiger partial charge in [-0.1, -0.05) is 19.8 Å². The van der Waals surface area contributed by atoms with Crippen molar-refractivity contribution in [2.45, 2.75) is 64.0 Å². The summed E-state index contributed by atoms with van der Waals surface area (Å²) in [5.41, 5.74) is 0.710. The molecule has 0 spiro atoms. The number of Topliss-reactive ketones (excluding diaryl/α,β-unsaturated/α-hetero) is 1. The van der Waals surface area contributed by atoms with Crippen LogP contribution in [0, 0.1) is 0 Å². The third-order valence-corrected chi connectivity index (χ3v) is 4.58. The molecule has 0 amide bonds. The zero-order chi connectivity index (χ0) is 16.5. The predicted molar refractivity (Wildman–Crippen MR) is 90.8 cm³/mol. The number of aliphatic hydroxyl groups excluding tert-OH is 1. The fraction of sp³-hybridized carbons (Fsp3) is 0.632. The van der Waals surface area contributed by atoms with E-state index in [4.69, 9.17) is 4.74 Å². The molecule has 0 bridgehead atoms.